The van der Waals surface area contributed by atoms with Crippen molar-refractivity contribution in [3.05, 3.63) is 52.6 Å². The van der Waals surface area contributed by atoms with Crippen LogP contribution in [0.2, 0.25) is 0 Å². The number of benzene rings is 2. The second kappa shape index (κ2) is 5.87. The third kappa shape index (κ3) is 2.88. The average Bonchev–Trinajstić information content (AvgIpc) is 2.90. The van der Waals surface area contributed by atoms with Gasteiger partial charge in [-0.25, -0.2) is 8.78 Å². The number of anilines is 2. The van der Waals surface area contributed by atoms with Crippen molar-refractivity contribution in [2.75, 3.05) is 11.5 Å². The molecule has 104 valence electrons. The van der Waals surface area contributed by atoms with Crippen LogP contribution >= 0.6 is 15.9 Å². The number of aromatic amines is 1. The molecule has 0 atom stereocenters. The highest BCUT2D eigenvalue weighted by Gasteiger charge is 2.05. The molecule has 0 radical (unpaired) electrons. The van der Waals surface area contributed by atoms with Crippen molar-refractivity contribution < 1.29 is 8.78 Å². The van der Waals surface area contributed by atoms with Crippen molar-refractivity contribution in [3.63, 3.8) is 0 Å². The van der Waals surface area contributed by atoms with Crippen LogP contribution in [-0.2, 0) is 0 Å². The number of nitrogen functional groups attached to an aromatic ring is 2. The number of nitrogens with one attached hydrogen (secondary N) is 1. The number of aromatic nitrogens is 2. The van der Waals surface area contributed by atoms with Crippen LogP contribution in [0.1, 0.15) is 0 Å². The van der Waals surface area contributed by atoms with Crippen LogP contribution in [0, 0.1) is 11.6 Å². The molecule has 0 saturated carbocycles. The lowest BCUT2D eigenvalue weighted by Gasteiger charge is -1.97. The molecular weight excluding hydrogens is 330 g/mol. The van der Waals surface area contributed by atoms with Crippen LogP contribution in [0.5, 0.6) is 0 Å². The molecule has 1 heterocycles. The number of rotatable bonds is 0. The zero-order valence-electron chi connectivity index (χ0n) is 10.2. The molecule has 3 rings (SSSR count). The van der Waals surface area contributed by atoms with E-state index in [0.717, 1.165) is 5.39 Å². The van der Waals surface area contributed by atoms with Gasteiger partial charge in [-0.15, -0.1) is 0 Å². The predicted molar refractivity (Wildman–Crippen MR) is 79.0 cm³/mol. The Kier molecular flexibility index (Phi) is 4.19. The third-order valence-corrected chi connectivity index (χ3v) is 3.21. The normalized spacial score (nSPS) is 10.2. The number of halogens is 3. The molecule has 20 heavy (non-hydrogen) atoms. The van der Waals surface area contributed by atoms with Crippen molar-refractivity contribution in [1.82, 2.24) is 10.2 Å². The van der Waals surface area contributed by atoms with Gasteiger partial charge in [-0.1, -0.05) is 6.07 Å². The molecule has 2 aromatic carbocycles. The number of nitrogens with zero attached hydrogens (tertiary/aromatic N) is 1. The Labute approximate surface area is 121 Å². The number of hydrogen-bond donors (Lipinski definition) is 3. The quantitative estimate of drug-likeness (QED) is 0.548. The minimum absolute atomic E-state index is 0.0255. The molecule has 0 aliphatic rings. The van der Waals surface area contributed by atoms with Gasteiger partial charge < -0.3 is 11.5 Å². The SMILES string of the molecule is Fc1c(Br)ccc2cn[nH]c12.Nc1cccc(F)c1N. The van der Waals surface area contributed by atoms with Gasteiger partial charge in [0, 0.05) is 5.39 Å². The highest BCUT2D eigenvalue weighted by molar-refractivity contribution is 9.10. The van der Waals surface area contributed by atoms with Gasteiger partial charge in [0.2, 0.25) is 0 Å². The summed E-state index contributed by atoms with van der Waals surface area (Å²) in [6, 6.07) is 7.80. The molecular formula is C13H11BrF2N4. The summed E-state index contributed by atoms with van der Waals surface area (Å²) in [5, 5.41) is 7.07. The maximum atomic E-state index is 13.1. The van der Waals surface area contributed by atoms with E-state index in [-0.39, 0.29) is 17.2 Å². The minimum atomic E-state index is -0.463. The largest absolute Gasteiger partial charge is 0.397 e. The first-order chi connectivity index (χ1) is 9.50. The molecule has 7 heteroatoms. The zero-order valence-corrected chi connectivity index (χ0v) is 11.8. The molecule has 0 aliphatic heterocycles. The fraction of sp³-hybridized carbons (Fsp3) is 0. The van der Waals surface area contributed by atoms with Crippen molar-refractivity contribution in [1.29, 1.82) is 0 Å². The highest BCUT2D eigenvalue weighted by atomic mass is 79.9. The van der Waals surface area contributed by atoms with Crippen LogP contribution in [0.15, 0.2) is 41.0 Å². The third-order valence-electron chi connectivity index (χ3n) is 2.59. The number of H-pyrrole nitrogens is 1. The number of nitrogens with two attached hydrogens (primary N) is 2. The summed E-state index contributed by atoms with van der Waals surface area (Å²) in [5.74, 6) is -0.755. The Morgan fingerprint density at radius 2 is 1.85 bits per heavy atom. The molecule has 0 bridgehead atoms. The maximum absolute atomic E-state index is 13.1. The Balaban J connectivity index is 0.000000151. The minimum Gasteiger partial charge on any atom is -0.397 e. The van der Waals surface area contributed by atoms with Gasteiger partial charge in [0.25, 0.3) is 0 Å². The summed E-state index contributed by atoms with van der Waals surface area (Å²) in [6.07, 6.45) is 1.59. The summed E-state index contributed by atoms with van der Waals surface area (Å²) < 4.78 is 25.9. The van der Waals surface area contributed by atoms with Gasteiger partial charge in [0.1, 0.15) is 11.3 Å². The Bertz CT molecular complexity index is 722. The lowest BCUT2D eigenvalue weighted by atomic mass is 10.2. The summed E-state index contributed by atoms with van der Waals surface area (Å²) >= 11 is 3.08. The van der Waals surface area contributed by atoms with Gasteiger partial charge in [-0.2, -0.15) is 5.10 Å². The zero-order chi connectivity index (χ0) is 14.7. The van der Waals surface area contributed by atoms with E-state index >= 15 is 0 Å². The van der Waals surface area contributed by atoms with Crippen LogP contribution in [-0.4, -0.2) is 10.2 Å². The molecule has 0 saturated heterocycles. The van der Waals surface area contributed by atoms with E-state index < -0.39 is 5.82 Å². The predicted octanol–water partition coefficient (Wildman–Crippen LogP) is 3.45. The molecule has 5 N–H and O–H groups in total. The van der Waals surface area contributed by atoms with E-state index in [9.17, 15) is 8.78 Å². The summed E-state index contributed by atoms with van der Waals surface area (Å²) in [6.45, 7) is 0. The second-order valence-electron chi connectivity index (χ2n) is 3.94. The number of fused-ring (bicyclic) bond motifs is 1. The van der Waals surface area contributed by atoms with Gasteiger partial charge >= 0.3 is 0 Å². The molecule has 0 amide bonds. The molecule has 0 aliphatic carbocycles. The first-order valence-corrected chi connectivity index (χ1v) is 6.36. The van der Waals surface area contributed by atoms with Gasteiger partial charge in [0.15, 0.2) is 5.82 Å². The fourth-order valence-electron chi connectivity index (χ4n) is 1.51. The van der Waals surface area contributed by atoms with E-state index in [0.29, 0.717) is 9.99 Å². The van der Waals surface area contributed by atoms with Crippen LogP contribution < -0.4 is 11.5 Å². The first kappa shape index (κ1) is 14.3. The molecule has 0 unspecified atom stereocenters. The molecule has 4 nitrogen and oxygen atoms in total. The van der Waals surface area contributed by atoms with E-state index in [1.54, 1.807) is 24.4 Å². The second-order valence-corrected chi connectivity index (χ2v) is 4.79. The van der Waals surface area contributed by atoms with Crippen LogP contribution in [0.25, 0.3) is 10.9 Å². The van der Waals surface area contributed by atoms with Crippen molar-refractivity contribution in [2.24, 2.45) is 0 Å². The number of hydrogen-bond acceptors (Lipinski definition) is 3. The van der Waals surface area contributed by atoms with E-state index in [4.69, 9.17) is 11.5 Å². The molecule has 1 aromatic heterocycles. The Hall–Kier alpha value is -2.15. The van der Waals surface area contributed by atoms with Crippen LogP contribution in [0.4, 0.5) is 20.2 Å². The van der Waals surface area contributed by atoms with E-state index in [1.165, 1.54) is 12.1 Å². The maximum Gasteiger partial charge on any atom is 0.162 e. The monoisotopic (exact) mass is 340 g/mol. The van der Waals surface area contributed by atoms with Crippen molar-refractivity contribution in [3.8, 4) is 0 Å². The van der Waals surface area contributed by atoms with Gasteiger partial charge in [0.05, 0.1) is 22.0 Å². The smallest absolute Gasteiger partial charge is 0.162 e. The van der Waals surface area contributed by atoms with Crippen LogP contribution in [0.3, 0.4) is 0 Å². The molecule has 0 spiro atoms. The van der Waals surface area contributed by atoms with Gasteiger partial charge in [-0.05, 0) is 40.2 Å². The highest BCUT2D eigenvalue weighted by Crippen LogP contribution is 2.22. The standard InChI is InChI=1S/C7H4BrFN2.C6H7FN2/c8-5-2-1-4-3-10-11-7(4)6(5)9;7-4-2-1-3-5(8)6(4)9/h1-3H,(H,10,11);1-3H,8-9H2. The van der Waals surface area contributed by atoms with Crippen molar-refractivity contribution >= 4 is 38.2 Å². The molecule has 3 aromatic rings. The lowest BCUT2D eigenvalue weighted by Crippen LogP contribution is -1.96. The first-order valence-electron chi connectivity index (χ1n) is 5.57. The summed E-state index contributed by atoms with van der Waals surface area (Å²) in [4.78, 5) is 0. The average molecular weight is 341 g/mol. The molecule has 0 fully saturated rings. The number of para-hydroxylation sites is 1. The van der Waals surface area contributed by atoms with Crippen molar-refractivity contribution in [2.45, 2.75) is 0 Å². The van der Waals surface area contributed by atoms with Gasteiger partial charge in [-0.3, -0.25) is 5.10 Å². The Morgan fingerprint density at radius 3 is 2.50 bits per heavy atom. The topological polar surface area (TPSA) is 80.7 Å². The summed E-state index contributed by atoms with van der Waals surface area (Å²) in [7, 11) is 0. The summed E-state index contributed by atoms with van der Waals surface area (Å²) in [5.41, 5.74) is 11.2. The Morgan fingerprint density at radius 1 is 1.10 bits per heavy atom. The lowest BCUT2D eigenvalue weighted by molar-refractivity contribution is 0.630. The van der Waals surface area contributed by atoms with E-state index in [2.05, 4.69) is 26.1 Å². The van der Waals surface area contributed by atoms with E-state index in [1.807, 2.05) is 0 Å². The fourth-order valence-corrected chi connectivity index (χ4v) is 1.84.